The Kier molecular flexibility index (Phi) is 6.28. The zero-order chi connectivity index (χ0) is 22.9. The van der Waals surface area contributed by atoms with Crippen molar-refractivity contribution in [2.24, 2.45) is 0 Å². The first-order valence-electron chi connectivity index (χ1n) is 10.1. The van der Waals surface area contributed by atoms with Gasteiger partial charge in [-0.1, -0.05) is 42.0 Å². The van der Waals surface area contributed by atoms with Crippen LogP contribution < -0.4 is 10.6 Å². The van der Waals surface area contributed by atoms with E-state index in [-0.39, 0.29) is 24.7 Å². The van der Waals surface area contributed by atoms with Crippen LogP contribution in [0.4, 0.5) is 0 Å². The number of allylic oxidation sites excluding steroid dienone is 4. The summed E-state index contributed by atoms with van der Waals surface area (Å²) in [6.45, 7) is 2.05. The topological polar surface area (TPSA) is 95.6 Å². The number of carbonyl (C=O) groups excluding carboxylic acids is 3. The molecule has 7 nitrogen and oxygen atoms in total. The Bertz CT molecular complexity index is 1140. The maximum atomic E-state index is 13.2. The Morgan fingerprint density at radius 1 is 1.22 bits per heavy atom. The zero-order valence-corrected chi connectivity index (χ0v) is 19.0. The first-order chi connectivity index (χ1) is 15.3. The fourth-order valence-electron chi connectivity index (χ4n) is 3.73. The summed E-state index contributed by atoms with van der Waals surface area (Å²) in [5.41, 5.74) is 1.43. The molecule has 0 saturated carbocycles. The number of hydrogen-bond acceptors (Lipinski definition) is 4. The molecule has 2 atom stereocenters. The summed E-state index contributed by atoms with van der Waals surface area (Å²) in [6, 6.07) is 7.09. The van der Waals surface area contributed by atoms with Gasteiger partial charge in [0.15, 0.2) is 0 Å². The standard InChI is InChI=1S/C23H22ClN3O4S/c1-23(11-10-20(28)26-22(23)30)27-14-17-6-2-16(5-9-19(17)32(27)31)13-25-21(29)12-15-3-7-18(24)8-4-15/h2-9,13H,10-12,14H2,1H3,(H,25,29)(H,26,28,30)/b16-13-/t23-,32?/m0/s1. The second-order valence-corrected chi connectivity index (χ2v) is 9.82. The minimum absolute atomic E-state index is 0.160. The highest BCUT2D eigenvalue weighted by atomic mass is 35.5. The summed E-state index contributed by atoms with van der Waals surface area (Å²) in [6.07, 6.45) is 9.57. The van der Waals surface area contributed by atoms with E-state index in [1.54, 1.807) is 53.8 Å². The lowest BCUT2D eigenvalue weighted by Gasteiger charge is -2.38. The van der Waals surface area contributed by atoms with Gasteiger partial charge in [0.1, 0.15) is 16.5 Å². The van der Waals surface area contributed by atoms with E-state index in [0.717, 1.165) is 16.7 Å². The maximum absolute atomic E-state index is 13.2. The molecule has 3 amide bonds. The molecular formula is C23H22ClN3O4S. The van der Waals surface area contributed by atoms with Crippen molar-refractivity contribution in [3.63, 3.8) is 0 Å². The number of nitrogens with one attached hydrogen (secondary N) is 2. The van der Waals surface area contributed by atoms with Gasteiger partial charge in [0.2, 0.25) is 17.7 Å². The molecule has 1 aliphatic carbocycles. The SMILES string of the molecule is C[C@]1(N2CC3=C(C=C/C(=C\NC(=O)Cc4ccc(Cl)cc4)C=C3)S2=O)CCC(=O)NC1=O. The van der Waals surface area contributed by atoms with Crippen molar-refractivity contribution in [2.75, 3.05) is 6.54 Å². The molecule has 4 rings (SSSR count). The summed E-state index contributed by atoms with van der Waals surface area (Å²) in [5, 5.41) is 5.74. The number of nitrogens with zero attached hydrogens (tertiary/aromatic N) is 1. The smallest absolute Gasteiger partial charge is 0.247 e. The third kappa shape index (κ3) is 4.53. The van der Waals surface area contributed by atoms with Crippen LogP contribution in [0, 0.1) is 0 Å². The number of benzene rings is 1. The van der Waals surface area contributed by atoms with Gasteiger partial charge in [0.25, 0.3) is 0 Å². The molecule has 1 saturated heterocycles. The van der Waals surface area contributed by atoms with Crippen molar-refractivity contribution in [1.29, 1.82) is 0 Å². The van der Waals surface area contributed by atoms with Crippen molar-refractivity contribution >= 4 is 40.3 Å². The molecule has 1 aromatic rings. The van der Waals surface area contributed by atoms with Gasteiger partial charge in [-0.3, -0.25) is 19.7 Å². The predicted molar refractivity (Wildman–Crippen MR) is 122 cm³/mol. The molecule has 0 bridgehead atoms. The minimum atomic E-state index is -1.54. The Labute approximate surface area is 193 Å². The second kappa shape index (κ2) is 8.97. The van der Waals surface area contributed by atoms with Gasteiger partial charge in [-0.2, -0.15) is 0 Å². The number of amides is 3. The predicted octanol–water partition coefficient (Wildman–Crippen LogP) is 2.44. The molecule has 2 heterocycles. The van der Waals surface area contributed by atoms with E-state index in [2.05, 4.69) is 10.6 Å². The van der Waals surface area contributed by atoms with Gasteiger partial charge < -0.3 is 5.32 Å². The highest BCUT2D eigenvalue weighted by Gasteiger charge is 2.48. The lowest BCUT2D eigenvalue weighted by Crippen LogP contribution is -2.60. The third-order valence-corrected chi connectivity index (χ3v) is 7.69. The number of halogens is 1. The van der Waals surface area contributed by atoms with E-state index >= 15 is 0 Å². The minimum Gasteiger partial charge on any atom is -0.332 e. The zero-order valence-electron chi connectivity index (χ0n) is 17.4. The molecule has 32 heavy (non-hydrogen) atoms. The summed E-state index contributed by atoms with van der Waals surface area (Å²) < 4.78 is 14.8. The van der Waals surface area contributed by atoms with Crippen LogP contribution in [-0.4, -0.2) is 38.3 Å². The van der Waals surface area contributed by atoms with Gasteiger partial charge in [-0.05, 0) is 48.3 Å². The van der Waals surface area contributed by atoms with Crippen LogP contribution in [0.3, 0.4) is 0 Å². The highest BCUT2D eigenvalue weighted by molar-refractivity contribution is 7.87. The fourth-order valence-corrected chi connectivity index (χ4v) is 5.44. The van der Waals surface area contributed by atoms with Crippen LogP contribution in [0.2, 0.25) is 5.02 Å². The molecule has 1 unspecified atom stereocenters. The lowest BCUT2D eigenvalue weighted by molar-refractivity contribution is -0.140. The quantitative estimate of drug-likeness (QED) is 0.659. The second-order valence-electron chi connectivity index (χ2n) is 8.01. The van der Waals surface area contributed by atoms with Crippen molar-refractivity contribution in [1.82, 2.24) is 14.9 Å². The molecule has 0 spiro atoms. The van der Waals surface area contributed by atoms with E-state index in [0.29, 0.717) is 22.9 Å². The molecule has 0 aromatic heterocycles. The van der Waals surface area contributed by atoms with Crippen LogP contribution in [0.15, 0.2) is 70.8 Å². The largest absolute Gasteiger partial charge is 0.332 e. The van der Waals surface area contributed by atoms with Gasteiger partial charge in [0, 0.05) is 24.2 Å². The van der Waals surface area contributed by atoms with E-state index in [1.165, 1.54) is 0 Å². The summed E-state index contributed by atoms with van der Waals surface area (Å²) in [4.78, 5) is 36.8. The Balaban J connectivity index is 1.41. The third-order valence-electron chi connectivity index (χ3n) is 5.73. The lowest BCUT2D eigenvalue weighted by atomic mass is 9.90. The molecule has 1 aromatic carbocycles. The van der Waals surface area contributed by atoms with Gasteiger partial charge in [-0.25, -0.2) is 8.51 Å². The number of imide groups is 1. The number of piperidine rings is 1. The van der Waals surface area contributed by atoms with Crippen molar-refractivity contribution in [3.8, 4) is 0 Å². The summed E-state index contributed by atoms with van der Waals surface area (Å²) in [7, 11) is -1.54. The molecule has 0 radical (unpaired) electrons. The Morgan fingerprint density at radius 2 is 1.94 bits per heavy atom. The molecule has 3 aliphatic rings. The molecule has 2 aliphatic heterocycles. The van der Waals surface area contributed by atoms with E-state index in [4.69, 9.17) is 11.6 Å². The van der Waals surface area contributed by atoms with Crippen LogP contribution in [0.5, 0.6) is 0 Å². The van der Waals surface area contributed by atoms with Crippen LogP contribution in [0.1, 0.15) is 25.3 Å². The van der Waals surface area contributed by atoms with Gasteiger partial charge >= 0.3 is 0 Å². The van der Waals surface area contributed by atoms with Gasteiger partial charge in [-0.15, -0.1) is 0 Å². The molecular weight excluding hydrogens is 450 g/mol. The van der Waals surface area contributed by atoms with Crippen LogP contribution >= 0.6 is 11.6 Å². The Morgan fingerprint density at radius 3 is 2.66 bits per heavy atom. The first kappa shape index (κ1) is 22.4. The van der Waals surface area contributed by atoms with Crippen LogP contribution in [0.25, 0.3) is 0 Å². The molecule has 166 valence electrons. The van der Waals surface area contributed by atoms with Crippen molar-refractivity contribution in [3.05, 3.63) is 81.4 Å². The normalized spacial score (nSPS) is 26.8. The number of hydrogen-bond donors (Lipinski definition) is 2. The fraction of sp³-hybridized carbons (Fsp3) is 0.261. The summed E-state index contributed by atoms with van der Waals surface area (Å²) >= 11 is 5.86. The molecule has 9 heteroatoms. The number of rotatable bonds is 4. The van der Waals surface area contributed by atoms with E-state index in [1.807, 2.05) is 12.2 Å². The molecule has 2 N–H and O–H groups in total. The van der Waals surface area contributed by atoms with E-state index < -0.39 is 22.4 Å². The first-order valence-corrected chi connectivity index (χ1v) is 11.6. The number of carbonyl (C=O) groups is 3. The van der Waals surface area contributed by atoms with Crippen LogP contribution in [-0.2, 0) is 31.8 Å². The maximum Gasteiger partial charge on any atom is 0.247 e. The Hall–Kier alpha value is -2.81. The monoisotopic (exact) mass is 471 g/mol. The molecule has 1 fully saturated rings. The average molecular weight is 472 g/mol. The average Bonchev–Trinajstić information content (AvgIpc) is 2.94. The van der Waals surface area contributed by atoms with Crippen molar-refractivity contribution < 1.29 is 18.6 Å². The van der Waals surface area contributed by atoms with Gasteiger partial charge in [0.05, 0.1) is 11.3 Å². The highest BCUT2D eigenvalue weighted by Crippen LogP contribution is 2.36. The van der Waals surface area contributed by atoms with E-state index in [9.17, 15) is 18.6 Å². The summed E-state index contributed by atoms with van der Waals surface area (Å²) in [5.74, 6) is -0.886. The van der Waals surface area contributed by atoms with Crippen molar-refractivity contribution in [2.45, 2.75) is 31.7 Å².